The summed E-state index contributed by atoms with van der Waals surface area (Å²) in [5, 5.41) is 1.94. The second-order valence-electron chi connectivity index (χ2n) is 5.56. The van der Waals surface area contributed by atoms with Crippen LogP contribution in [0.3, 0.4) is 0 Å². The molecule has 6 heteroatoms. The van der Waals surface area contributed by atoms with Gasteiger partial charge in [-0.25, -0.2) is 9.38 Å². The van der Waals surface area contributed by atoms with Gasteiger partial charge in [-0.1, -0.05) is 42.5 Å². The van der Waals surface area contributed by atoms with Crippen LogP contribution in [0.5, 0.6) is 5.75 Å². The van der Waals surface area contributed by atoms with Gasteiger partial charge in [0.15, 0.2) is 4.96 Å². The molecule has 0 aliphatic carbocycles. The number of rotatable bonds is 4. The minimum atomic E-state index is -0.219. The lowest BCUT2D eigenvalue weighted by molar-refractivity contribution is 0.404. The number of methoxy groups -OCH3 is 1. The molecule has 0 amide bonds. The first-order valence-electron chi connectivity index (χ1n) is 7.99. The highest BCUT2D eigenvalue weighted by molar-refractivity contribution is 7.15. The Morgan fingerprint density at radius 2 is 1.96 bits per heavy atom. The topological polar surface area (TPSA) is 56.5 Å². The van der Waals surface area contributed by atoms with Crippen LogP contribution in [0.15, 0.2) is 65.0 Å². The third-order valence-electron chi connectivity index (χ3n) is 3.95. The van der Waals surface area contributed by atoms with E-state index in [0.29, 0.717) is 10.7 Å². The second kappa shape index (κ2) is 6.93. The number of fused-ring (bicyclic) bond motifs is 1. The fourth-order valence-electron chi connectivity index (χ4n) is 2.72. The highest BCUT2D eigenvalue weighted by Gasteiger charge is 2.16. The summed E-state index contributed by atoms with van der Waals surface area (Å²) in [5.74, 6) is 0.221. The molecule has 1 aromatic carbocycles. The highest BCUT2D eigenvalue weighted by atomic mass is 32.1. The Hall–Kier alpha value is -3.25. The van der Waals surface area contributed by atoms with Crippen LogP contribution in [-0.2, 0) is 0 Å². The number of aromatic nitrogens is 3. The van der Waals surface area contributed by atoms with Gasteiger partial charge in [0.25, 0.3) is 0 Å². The maximum absolute atomic E-state index is 13.0. The molecule has 4 rings (SSSR count). The summed E-state index contributed by atoms with van der Waals surface area (Å²) >= 11 is 1.43. The molecular weight excluding hydrogens is 346 g/mol. The van der Waals surface area contributed by atoms with Gasteiger partial charge in [0.05, 0.1) is 12.8 Å². The number of hydrogen-bond acceptors (Lipinski definition) is 5. The van der Waals surface area contributed by atoms with Crippen LogP contribution in [0.25, 0.3) is 28.4 Å². The minimum Gasteiger partial charge on any atom is -0.490 e. The zero-order chi connectivity index (χ0) is 17.9. The van der Waals surface area contributed by atoms with Crippen molar-refractivity contribution in [1.82, 2.24) is 14.4 Å². The minimum absolute atomic E-state index is 0.219. The van der Waals surface area contributed by atoms with Crippen molar-refractivity contribution >= 4 is 28.4 Å². The lowest BCUT2D eigenvalue weighted by atomic mass is 10.2. The number of thiazole rings is 1. The van der Waals surface area contributed by atoms with Crippen LogP contribution in [-0.4, -0.2) is 21.5 Å². The molecule has 0 fully saturated rings. The molecule has 0 atom stereocenters. The van der Waals surface area contributed by atoms with Crippen LogP contribution < -0.4 is 10.3 Å². The molecule has 26 heavy (non-hydrogen) atoms. The fraction of sp³-hybridized carbons (Fsp3) is 0.0500. The summed E-state index contributed by atoms with van der Waals surface area (Å²) in [7, 11) is 1.49. The summed E-state index contributed by atoms with van der Waals surface area (Å²) < 4.78 is 6.97. The first-order valence-corrected chi connectivity index (χ1v) is 8.87. The van der Waals surface area contributed by atoms with Gasteiger partial charge in [-0.05, 0) is 23.3 Å². The monoisotopic (exact) mass is 361 g/mol. The molecule has 0 aliphatic heterocycles. The number of ether oxygens (including phenoxy) is 1. The van der Waals surface area contributed by atoms with E-state index in [2.05, 4.69) is 9.97 Å². The van der Waals surface area contributed by atoms with Crippen LogP contribution in [0.4, 0.5) is 0 Å². The fourth-order valence-corrected chi connectivity index (χ4v) is 3.61. The van der Waals surface area contributed by atoms with E-state index in [1.54, 1.807) is 22.9 Å². The van der Waals surface area contributed by atoms with Crippen molar-refractivity contribution in [2.45, 2.75) is 0 Å². The van der Waals surface area contributed by atoms with Gasteiger partial charge in [-0.2, -0.15) is 0 Å². The lowest BCUT2D eigenvalue weighted by Gasteiger charge is -2.06. The first-order chi connectivity index (χ1) is 12.8. The molecule has 4 aromatic rings. The summed E-state index contributed by atoms with van der Waals surface area (Å²) in [6.07, 6.45) is 7.09. The SMILES string of the molecule is COc1c(C=Cc2cccnc2)nc2scc(-c3ccccc3)n2c1=O. The molecule has 0 spiro atoms. The summed E-state index contributed by atoms with van der Waals surface area (Å²) in [6, 6.07) is 13.6. The largest absolute Gasteiger partial charge is 0.490 e. The summed E-state index contributed by atoms with van der Waals surface area (Å²) in [4.78, 5) is 22.3. The van der Waals surface area contributed by atoms with Crippen LogP contribution >= 0.6 is 11.3 Å². The quantitative estimate of drug-likeness (QED) is 0.551. The van der Waals surface area contributed by atoms with Gasteiger partial charge in [0.1, 0.15) is 5.69 Å². The smallest absolute Gasteiger partial charge is 0.302 e. The average molecular weight is 361 g/mol. The van der Waals surface area contributed by atoms with E-state index in [0.717, 1.165) is 16.8 Å². The predicted octanol–water partition coefficient (Wildman–Crippen LogP) is 4.00. The van der Waals surface area contributed by atoms with Crippen LogP contribution in [0, 0.1) is 0 Å². The van der Waals surface area contributed by atoms with E-state index in [1.807, 2.05) is 53.9 Å². The maximum atomic E-state index is 13.0. The van der Waals surface area contributed by atoms with Gasteiger partial charge in [-0.15, -0.1) is 11.3 Å². The number of pyridine rings is 1. The maximum Gasteiger partial charge on any atom is 0.302 e. The molecule has 3 heterocycles. The molecule has 0 radical (unpaired) electrons. The summed E-state index contributed by atoms with van der Waals surface area (Å²) in [6.45, 7) is 0. The first kappa shape index (κ1) is 16.2. The van der Waals surface area contributed by atoms with Crippen molar-refractivity contribution in [1.29, 1.82) is 0 Å². The Balaban J connectivity index is 1.87. The Bertz CT molecular complexity index is 1130. The van der Waals surface area contributed by atoms with Gasteiger partial charge in [0, 0.05) is 17.8 Å². The lowest BCUT2D eigenvalue weighted by Crippen LogP contribution is -2.18. The van der Waals surface area contributed by atoms with Crippen molar-refractivity contribution in [3.63, 3.8) is 0 Å². The van der Waals surface area contributed by atoms with Gasteiger partial charge < -0.3 is 4.74 Å². The van der Waals surface area contributed by atoms with Gasteiger partial charge >= 0.3 is 5.56 Å². The normalized spacial score (nSPS) is 11.3. The molecule has 0 unspecified atom stereocenters. The predicted molar refractivity (Wildman–Crippen MR) is 104 cm³/mol. The molecule has 5 nitrogen and oxygen atoms in total. The average Bonchev–Trinajstić information content (AvgIpc) is 3.12. The Morgan fingerprint density at radius 3 is 2.69 bits per heavy atom. The van der Waals surface area contributed by atoms with Crippen molar-refractivity contribution in [2.75, 3.05) is 7.11 Å². The van der Waals surface area contributed by atoms with Crippen molar-refractivity contribution in [3.05, 3.63) is 81.8 Å². The molecule has 0 saturated carbocycles. The van der Waals surface area contributed by atoms with Crippen LogP contribution in [0.2, 0.25) is 0 Å². The Kier molecular flexibility index (Phi) is 4.33. The summed E-state index contributed by atoms with van der Waals surface area (Å²) in [5.41, 5.74) is 2.98. The molecule has 128 valence electrons. The molecule has 0 bridgehead atoms. The van der Waals surface area contributed by atoms with Gasteiger partial charge in [-0.3, -0.25) is 9.78 Å². The number of benzene rings is 1. The molecule has 0 saturated heterocycles. The van der Waals surface area contributed by atoms with E-state index in [1.165, 1.54) is 18.4 Å². The van der Waals surface area contributed by atoms with E-state index in [-0.39, 0.29) is 11.3 Å². The zero-order valence-electron chi connectivity index (χ0n) is 14.0. The van der Waals surface area contributed by atoms with Gasteiger partial charge in [0.2, 0.25) is 5.75 Å². The number of nitrogens with zero attached hydrogens (tertiary/aromatic N) is 3. The molecular formula is C20H15N3O2S. The van der Waals surface area contributed by atoms with E-state index < -0.39 is 0 Å². The Morgan fingerprint density at radius 1 is 1.12 bits per heavy atom. The third-order valence-corrected chi connectivity index (χ3v) is 4.77. The molecule has 3 aromatic heterocycles. The van der Waals surface area contributed by atoms with Crippen molar-refractivity contribution in [2.24, 2.45) is 0 Å². The standard InChI is InChI=1S/C20H15N3O2S/c1-25-18-16(10-9-14-6-5-11-21-12-14)22-20-23(19(18)24)17(13-26-20)15-7-3-2-4-8-15/h2-13H,1H3. The Labute approximate surface area is 153 Å². The van der Waals surface area contributed by atoms with Crippen molar-refractivity contribution in [3.8, 4) is 17.0 Å². The van der Waals surface area contributed by atoms with E-state index >= 15 is 0 Å². The van der Waals surface area contributed by atoms with Crippen LogP contribution in [0.1, 0.15) is 11.3 Å². The van der Waals surface area contributed by atoms with E-state index in [4.69, 9.17) is 4.74 Å². The second-order valence-corrected chi connectivity index (χ2v) is 6.40. The molecule has 0 aliphatic rings. The molecule has 0 N–H and O–H groups in total. The third kappa shape index (κ3) is 2.91. The van der Waals surface area contributed by atoms with Crippen molar-refractivity contribution < 1.29 is 4.74 Å². The van der Waals surface area contributed by atoms with E-state index in [9.17, 15) is 4.79 Å². The zero-order valence-corrected chi connectivity index (χ0v) is 14.8. The number of hydrogen-bond donors (Lipinski definition) is 0. The highest BCUT2D eigenvalue weighted by Crippen LogP contribution is 2.26.